The van der Waals surface area contributed by atoms with E-state index in [1.807, 2.05) is 0 Å². The summed E-state index contributed by atoms with van der Waals surface area (Å²) >= 11 is 0. The van der Waals surface area contributed by atoms with Crippen molar-refractivity contribution in [3.05, 3.63) is 29.8 Å². The minimum absolute atomic E-state index is 0.336. The van der Waals surface area contributed by atoms with E-state index in [9.17, 15) is 4.79 Å². The number of para-hydroxylation sites is 1. The number of fused-ring (bicyclic) bond motifs is 2. The SMILES string of the molecule is O=C(CN1CCNCc2ccccc21)N1CCCC2CCCCC21. The molecule has 3 aliphatic rings. The topological polar surface area (TPSA) is 35.6 Å². The van der Waals surface area contributed by atoms with Crippen LogP contribution in [0, 0.1) is 5.92 Å². The molecule has 1 aliphatic carbocycles. The fraction of sp³-hybridized carbons (Fsp3) is 0.650. The molecule has 1 amide bonds. The lowest BCUT2D eigenvalue weighted by molar-refractivity contribution is -0.136. The van der Waals surface area contributed by atoms with Gasteiger partial charge in [0.05, 0.1) is 6.54 Å². The molecule has 1 saturated carbocycles. The zero-order valence-electron chi connectivity index (χ0n) is 14.5. The third kappa shape index (κ3) is 3.16. The van der Waals surface area contributed by atoms with Crippen LogP contribution >= 0.6 is 0 Å². The van der Waals surface area contributed by atoms with Crippen molar-refractivity contribution in [1.29, 1.82) is 0 Å². The van der Waals surface area contributed by atoms with Crippen molar-refractivity contribution in [3.8, 4) is 0 Å². The number of hydrogen-bond acceptors (Lipinski definition) is 3. The van der Waals surface area contributed by atoms with E-state index in [0.29, 0.717) is 18.5 Å². The Balaban J connectivity index is 1.49. The van der Waals surface area contributed by atoms with Gasteiger partial charge in [-0.2, -0.15) is 0 Å². The van der Waals surface area contributed by atoms with Gasteiger partial charge in [-0.15, -0.1) is 0 Å². The zero-order chi connectivity index (χ0) is 16.4. The van der Waals surface area contributed by atoms with Gasteiger partial charge in [0.1, 0.15) is 0 Å². The molecule has 2 fully saturated rings. The van der Waals surface area contributed by atoms with Crippen molar-refractivity contribution < 1.29 is 4.79 Å². The van der Waals surface area contributed by atoms with E-state index in [2.05, 4.69) is 39.4 Å². The van der Waals surface area contributed by atoms with Crippen molar-refractivity contribution in [2.75, 3.05) is 31.1 Å². The molecule has 130 valence electrons. The Labute approximate surface area is 145 Å². The van der Waals surface area contributed by atoms with Gasteiger partial charge in [0.25, 0.3) is 0 Å². The summed E-state index contributed by atoms with van der Waals surface area (Å²) in [7, 11) is 0. The predicted octanol–water partition coefficient (Wildman–Crippen LogP) is 2.78. The van der Waals surface area contributed by atoms with Crippen LogP contribution in [0.2, 0.25) is 0 Å². The Hall–Kier alpha value is -1.55. The first kappa shape index (κ1) is 15.9. The van der Waals surface area contributed by atoms with Crippen LogP contribution in [-0.2, 0) is 11.3 Å². The normalized spacial score (nSPS) is 27.2. The molecule has 2 atom stereocenters. The van der Waals surface area contributed by atoms with Crippen LogP contribution in [-0.4, -0.2) is 43.0 Å². The maximum absolute atomic E-state index is 13.1. The molecule has 1 N–H and O–H groups in total. The van der Waals surface area contributed by atoms with Gasteiger partial charge in [-0.25, -0.2) is 0 Å². The number of piperidine rings is 1. The summed E-state index contributed by atoms with van der Waals surface area (Å²) in [6, 6.07) is 9.02. The molecule has 2 heterocycles. The molecule has 24 heavy (non-hydrogen) atoms. The minimum atomic E-state index is 0.336. The summed E-state index contributed by atoms with van der Waals surface area (Å²) in [4.78, 5) is 17.6. The quantitative estimate of drug-likeness (QED) is 0.907. The molecular formula is C20H29N3O. The predicted molar refractivity (Wildman–Crippen MR) is 97.1 cm³/mol. The summed E-state index contributed by atoms with van der Waals surface area (Å²) in [6.07, 6.45) is 7.70. The molecule has 0 radical (unpaired) electrons. The first-order valence-corrected chi connectivity index (χ1v) is 9.66. The van der Waals surface area contributed by atoms with E-state index >= 15 is 0 Å². The fourth-order valence-electron chi connectivity index (χ4n) is 4.88. The number of anilines is 1. The summed E-state index contributed by atoms with van der Waals surface area (Å²) in [6.45, 7) is 4.24. The van der Waals surface area contributed by atoms with Gasteiger partial charge < -0.3 is 15.1 Å². The van der Waals surface area contributed by atoms with Crippen molar-refractivity contribution >= 4 is 11.6 Å². The second-order valence-electron chi connectivity index (χ2n) is 7.57. The fourth-order valence-corrected chi connectivity index (χ4v) is 4.88. The number of nitrogens with zero attached hydrogens (tertiary/aromatic N) is 2. The van der Waals surface area contributed by atoms with Crippen molar-refractivity contribution in [2.45, 2.75) is 51.1 Å². The molecular weight excluding hydrogens is 298 g/mol. The van der Waals surface area contributed by atoms with Crippen LogP contribution in [0.25, 0.3) is 0 Å². The van der Waals surface area contributed by atoms with Gasteiger partial charge in [-0.3, -0.25) is 4.79 Å². The first-order valence-electron chi connectivity index (χ1n) is 9.66. The molecule has 4 heteroatoms. The van der Waals surface area contributed by atoms with Crippen molar-refractivity contribution in [2.24, 2.45) is 5.92 Å². The Morgan fingerprint density at radius 1 is 1.08 bits per heavy atom. The van der Waals surface area contributed by atoms with Crippen LogP contribution in [0.4, 0.5) is 5.69 Å². The summed E-state index contributed by atoms with van der Waals surface area (Å²) in [5.41, 5.74) is 2.53. The molecule has 2 unspecified atom stereocenters. The van der Waals surface area contributed by atoms with E-state index in [-0.39, 0.29) is 0 Å². The van der Waals surface area contributed by atoms with Crippen LogP contribution < -0.4 is 10.2 Å². The average molecular weight is 327 g/mol. The Kier molecular flexibility index (Phi) is 4.74. The lowest BCUT2D eigenvalue weighted by Gasteiger charge is -2.44. The van der Waals surface area contributed by atoms with Crippen molar-refractivity contribution in [1.82, 2.24) is 10.2 Å². The number of nitrogens with one attached hydrogen (secondary N) is 1. The lowest BCUT2D eigenvalue weighted by atomic mass is 9.78. The van der Waals surface area contributed by atoms with Crippen LogP contribution in [0.1, 0.15) is 44.1 Å². The van der Waals surface area contributed by atoms with E-state index in [1.165, 1.54) is 49.8 Å². The third-order valence-corrected chi connectivity index (χ3v) is 6.10. The Morgan fingerprint density at radius 2 is 1.92 bits per heavy atom. The van der Waals surface area contributed by atoms with Crippen molar-refractivity contribution in [3.63, 3.8) is 0 Å². The highest BCUT2D eigenvalue weighted by atomic mass is 16.2. The summed E-state index contributed by atoms with van der Waals surface area (Å²) in [5, 5.41) is 3.46. The number of amides is 1. The van der Waals surface area contributed by atoms with Gasteiger partial charge in [0.2, 0.25) is 5.91 Å². The molecule has 4 nitrogen and oxygen atoms in total. The molecule has 0 bridgehead atoms. The number of likely N-dealkylation sites (tertiary alicyclic amines) is 1. The van der Waals surface area contributed by atoms with E-state index in [1.54, 1.807) is 0 Å². The highest BCUT2D eigenvalue weighted by Crippen LogP contribution is 2.35. The smallest absolute Gasteiger partial charge is 0.242 e. The van der Waals surface area contributed by atoms with Crippen LogP contribution in [0.5, 0.6) is 0 Å². The highest BCUT2D eigenvalue weighted by Gasteiger charge is 2.36. The van der Waals surface area contributed by atoms with Gasteiger partial charge in [0, 0.05) is 37.9 Å². The van der Waals surface area contributed by atoms with Gasteiger partial charge >= 0.3 is 0 Å². The van der Waals surface area contributed by atoms with Gasteiger partial charge in [-0.1, -0.05) is 31.0 Å². The second kappa shape index (κ2) is 7.14. The highest BCUT2D eigenvalue weighted by molar-refractivity contribution is 5.82. The summed E-state index contributed by atoms with van der Waals surface area (Å²) in [5.74, 6) is 1.10. The number of hydrogen-bond donors (Lipinski definition) is 1. The second-order valence-corrected chi connectivity index (χ2v) is 7.57. The maximum atomic E-state index is 13.1. The Bertz CT molecular complexity index is 586. The van der Waals surface area contributed by atoms with E-state index in [4.69, 9.17) is 0 Å². The first-order chi connectivity index (χ1) is 11.8. The molecule has 0 aromatic heterocycles. The maximum Gasteiger partial charge on any atom is 0.242 e. The molecule has 1 aromatic carbocycles. The number of rotatable bonds is 2. The molecule has 2 aliphatic heterocycles. The number of benzene rings is 1. The Morgan fingerprint density at radius 3 is 2.88 bits per heavy atom. The van der Waals surface area contributed by atoms with Gasteiger partial charge in [0.15, 0.2) is 0 Å². The summed E-state index contributed by atoms with van der Waals surface area (Å²) < 4.78 is 0. The number of carbonyl (C=O) groups excluding carboxylic acids is 1. The third-order valence-electron chi connectivity index (χ3n) is 6.10. The standard InChI is InChI=1S/C20H29N3O/c24-20(23-12-5-8-16-6-1-4-10-19(16)23)15-22-13-11-21-14-17-7-2-3-9-18(17)22/h2-3,7,9,16,19,21H,1,4-6,8,10-15H2. The largest absolute Gasteiger partial charge is 0.361 e. The zero-order valence-corrected chi connectivity index (χ0v) is 14.5. The number of carbonyl (C=O) groups is 1. The molecule has 1 aromatic rings. The average Bonchev–Trinajstić information content (AvgIpc) is 2.84. The monoisotopic (exact) mass is 327 g/mol. The molecule has 1 saturated heterocycles. The lowest BCUT2D eigenvalue weighted by Crippen LogP contribution is -2.52. The van der Waals surface area contributed by atoms with Crippen LogP contribution in [0.15, 0.2) is 24.3 Å². The molecule has 4 rings (SSSR count). The van der Waals surface area contributed by atoms with E-state index in [0.717, 1.165) is 32.1 Å². The molecule has 0 spiro atoms. The van der Waals surface area contributed by atoms with E-state index < -0.39 is 0 Å². The van der Waals surface area contributed by atoms with Crippen LogP contribution in [0.3, 0.4) is 0 Å². The van der Waals surface area contributed by atoms with Gasteiger partial charge in [-0.05, 0) is 43.2 Å². The minimum Gasteiger partial charge on any atom is -0.361 e.